The van der Waals surface area contributed by atoms with Crippen molar-refractivity contribution in [1.29, 1.82) is 0 Å². The van der Waals surface area contributed by atoms with E-state index in [1.165, 1.54) is 5.56 Å². The van der Waals surface area contributed by atoms with Crippen molar-refractivity contribution in [2.24, 2.45) is 0 Å². The number of nitrogens with zero attached hydrogens (tertiary/aromatic N) is 5. The molecule has 0 N–H and O–H groups in total. The van der Waals surface area contributed by atoms with Crippen LogP contribution in [0.2, 0.25) is 0 Å². The van der Waals surface area contributed by atoms with Gasteiger partial charge in [0.25, 0.3) is 0 Å². The summed E-state index contributed by atoms with van der Waals surface area (Å²) < 4.78 is 2.07. The maximum atomic E-state index is 4.83. The smallest absolute Gasteiger partial charge is 0.188 e. The Morgan fingerprint density at radius 1 is 0.929 bits per heavy atom. The number of hydrogen-bond donors (Lipinski definition) is 0. The molecule has 0 spiro atoms. The second kappa shape index (κ2) is 8.03. The highest BCUT2D eigenvalue weighted by Gasteiger charge is 2.16. The monoisotopic (exact) mass is 367 g/mol. The van der Waals surface area contributed by atoms with Crippen LogP contribution in [0.4, 0.5) is 0 Å². The van der Waals surface area contributed by atoms with Gasteiger partial charge in [-0.05, 0) is 25.6 Å². The summed E-state index contributed by atoms with van der Waals surface area (Å²) in [5.41, 5.74) is 4.60. The Morgan fingerprint density at radius 3 is 2.36 bits per heavy atom. The first kappa shape index (κ1) is 17.9. The van der Waals surface area contributed by atoms with Crippen LogP contribution < -0.4 is 0 Å². The normalized spacial score (nSPS) is 10.8. The molecule has 2 aromatic heterocycles. The van der Waals surface area contributed by atoms with Gasteiger partial charge in [0.15, 0.2) is 11.5 Å². The van der Waals surface area contributed by atoms with Crippen molar-refractivity contribution in [3.63, 3.8) is 0 Å². The molecule has 0 amide bonds. The zero-order valence-corrected chi connectivity index (χ0v) is 16.0. The molecule has 0 fully saturated rings. The minimum Gasteiger partial charge on any atom is -0.299 e. The first-order chi connectivity index (χ1) is 13.7. The number of aromatic nitrogens is 4. The molecule has 0 aliphatic heterocycles. The van der Waals surface area contributed by atoms with E-state index in [1.54, 1.807) is 6.33 Å². The fourth-order valence-electron chi connectivity index (χ4n) is 3.03. The standard InChI is InChI=1S/C23H21N5/c1-27(2)15-9-14-20-26-22-21(19-12-7-4-8-13-19)24-17-25-23(22)28(20)16-18-10-5-3-6-11-18/h3-8,10-13,17H,15-16H2,1-2H3. The molecule has 5 nitrogen and oxygen atoms in total. The number of fused-ring (bicyclic) bond motifs is 1. The molecule has 4 aromatic rings. The Balaban J connectivity index is 1.87. The molecule has 0 saturated carbocycles. The van der Waals surface area contributed by atoms with E-state index in [0.29, 0.717) is 18.9 Å². The maximum absolute atomic E-state index is 4.83. The molecular weight excluding hydrogens is 346 g/mol. The third-order valence-electron chi connectivity index (χ3n) is 4.36. The van der Waals surface area contributed by atoms with E-state index in [-0.39, 0.29) is 0 Å². The fourth-order valence-corrected chi connectivity index (χ4v) is 3.03. The molecular formula is C23H21N5. The lowest BCUT2D eigenvalue weighted by molar-refractivity contribution is 0.464. The Morgan fingerprint density at radius 2 is 1.64 bits per heavy atom. The van der Waals surface area contributed by atoms with E-state index < -0.39 is 0 Å². The van der Waals surface area contributed by atoms with Crippen LogP contribution in [0.1, 0.15) is 11.4 Å². The van der Waals surface area contributed by atoms with Crippen LogP contribution in [0.3, 0.4) is 0 Å². The molecule has 2 aromatic carbocycles. The lowest BCUT2D eigenvalue weighted by Gasteiger charge is -2.06. The molecule has 28 heavy (non-hydrogen) atoms. The van der Waals surface area contributed by atoms with E-state index in [4.69, 9.17) is 4.98 Å². The average molecular weight is 367 g/mol. The van der Waals surface area contributed by atoms with E-state index in [1.807, 2.05) is 67.5 Å². The molecule has 5 heteroatoms. The number of hydrogen-bond acceptors (Lipinski definition) is 4. The summed E-state index contributed by atoms with van der Waals surface area (Å²) in [6, 6.07) is 20.4. The van der Waals surface area contributed by atoms with Crippen molar-refractivity contribution < 1.29 is 0 Å². The Hall–Kier alpha value is -3.49. The van der Waals surface area contributed by atoms with Crippen molar-refractivity contribution in [3.05, 3.63) is 78.4 Å². The first-order valence-electron chi connectivity index (χ1n) is 9.16. The summed E-state index contributed by atoms with van der Waals surface area (Å²) in [4.78, 5) is 15.9. The van der Waals surface area contributed by atoms with Crippen molar-refractivity contribution in [2.75, 3.05) is 20.6 Å². The molecule has 0 saturated heterocycles. The first-order valence-corrected chi connectivity index (χ1v) is 9.16. The van der Waals surface area contributed by atoms with Gasteiger partial charge in [-0.15, -0.1) is 0 Å². The van der Waals surface area contributed by atoms with Crippen LogP contribution in [-0.4, -0.2) is 45.1 Å². The highest BCUT2D eigenvalue weighted by molar-refractivity contribution is 5.87. The van der Waals surface area contributed by atoms with Gasteiger partial charge in [0.05, 0.1) is 13.1 Å². The highest BCUT2D eigenvalue weighted by Crippen LogP contribution is 2.25. The number of benzene rings is 2. The van der Waals surface area contributed by atoms with Gasteiger partial charge in [0, 0.05) is 5.56 Å². The number of imidazole rings is 1. The van der Waals surface area contributed by atoms with Crippen LogP contribution in [0, 0.1) is 11.8 Å². The van der Waals surface area contributed by atoms with Gasteiger partial charge >= 0.3 is 0 Å². The van der Waals surface area contributed by atoms with E-state index in [2.05, 4.69) is 38.5 Å². The van der Waals surface area contributed by atoms with E-state index >= 15 is 0 Å². The van der Waals surface area contributed by atoms with E-state index in [9.17, 15) is 0 Å². The summed E-state index contributed by atoms with van der Waals surface area (Å²) in [7, 11) is 4.00. The molecule has 0 aliphatic carbocycles. The van der Waals surface area contributed by atoms with Gasteiger partial charge in [0.2, 0.25) is 0 Å². The van der Waals surface area contributed by atoms with Gasteiger partial charge < -0.3 is 0 Å². The van der Waals surface area contributed by atoms with Crippen LogP contribution in [0.5, 0.6) is 0 Å². The van der Waals surface area contributed by atoms with Crippen LogP contribution in [0.25, 0.3) is 22.4 Å². The molecule has 4 rings (SSSR count). The summed E-state index contributed by atoms with van der Waals surface area (Å²) in [6.07, 6.45) is 1.60. The SMILES string of the molecule is CN(C)CC#Cc1nc2c(-c3ccccc3)ncnc2n1Cc1ccccc1. The highest BCUT2D eigenvalue weighted by atomic mass is 15.1. The Bertz CT molecular complexity index is 1140. The zero-order chi connectivity index (χ0) is 19.3. The number of rotatable bonds is 4. The van der Waals surface area contributed by atoms with Gasteiger partial charge in [-0.3, -0.25) is 9.47 Å². The Labute approximate surface area is 164 Å². The zero-order valence-electron chi connectivity index (χ0n) is 16.0. The van der Waals surface area contributed by atoms with Crippen molar-refractivity contribution >= 4 is 11.2 Å². The maximum Gasteiger partial charge on any atom is 0.188 e. The third-order valence-corrected chi connectivity index (χ3v) is 4.36. The lowest BCUT2D eigenvalue weighted by Crippen LogP contribution is -2.11. The van der Waals surface area contributed by atoms with Gasteiger partial charge in [-0.2, -0.15) is 0 Å². The average Bonchev–Trinajstić information content (AvgIpc) is 3.06. The third kappa shape index (κ3) is 3.78. The van der Waals surface area contributed by atoms with Gasteiger partial charge in [-0.25, -0.2) is 15.0 Å². The van der Waals surface area contributed by atoms with Gasteiger partial charge in [-0.1, -0.05) is 66.6 Å². The molecule has 0 atom stereocenters. The van der Waals surface area contributed by atoms with Crippen molar-refractivity contribution in [3.8, 4) is 23.1 Å². The molecule has 0 unspecified atom stereocenters. The molecule has 0 aliphatic rings. The van der Waals surface area contributed by atoms with E-state index in [0.717, 1.165) is 22.4 Å². The van der Waals surface area contributed by atoms with Crippen LogP contribution in [0.15, 0.2) is 67.0 Å². The molecule has 0 radical (unpaired) electrons. The lowest BCUT2D eigenvalue weighted by atomic mass is 10.1. The fraction of sp³-hybridized carbons (Fsp3) is 0.174. The van der Waals surface area contributed by atoms with Gasteiger partial charge in [0.1, 0.15) is 17.5 Å². The second-order valence-corrected chi connectivity index (χ2v) is 6.81. The minimum atomic E-state index is 0.661. The van der Waals surface area contributed by atoms with Crippen molar-refractivity contribution in [1.82, 2.24) is 24.4 Å². The molecule has 2 heterocycles. The van der Waals surface area contributed by atoms with Crippen LogP contribution in [-0.2, 0) is 6.54 Å². The largest absolute Gasteiger partial charge is 0.299 e. The summed E-state index contributed by atoms with van der Waals surface area (Å²) in [5, 5.41) is 0. The predicted octanol–water partition coefficient (Wildman–Crippen LogP) is 3.45. The van der Waals surface area contributed by atoms with Crippen molar-refractivity contribution in [2.45, 2.75) is 6.54 Å². The second-order valence-electron chi connectivity index (χ2n) is 6.81. The Kier molecular flexibility index (Phi) is 5.14. The van der Waals surface area contributed by atoms with Crippen LogP contribution >= 0.6 is 0 Å². The summed E-state index contributed by atoms with van der Waals surface area (Å²) >= 11 is 0. The summed E-state index contributed by atoms with van der Waals surface area (Å²) in [6.45, 7) is 1.33. The topological polar surface area (TPSA) is 46.8 Å². The molecule has 138 valence electrons. The minimum absolute atomic E-state index is 0.661. The quantitative estimate of drug-likeness (QED) is 0.518. The predicted molar refractivity (Wildman–Crippen MR) is 112 cm³/mol. The molecule has 0 bridgehead atoms. The summed E-state index contributed by atoms with van der Waals surface area (Å²) in [5.74, 6) is 7.12.